The molecule has 3 heterocycles. The van der Waals surface area contributed by atoms with Gasteiger partial charge in [0, 0.05) is 24.4 Å². The lowest BCUT2D eigenvalue weighted by molar-refractivity contribution is 0.0863. The van der Waals surface area contributed by atoms with Gasteiger partial charge < -0.3 is 10.1 Å². The molecule has 1 N–H and O–H groups in total. The van der Waals surface area contributed by atoms with Crippen LogP contribution in [0.5, 0.6) is 0 Å². The van der Waals surface area contributed by atoms with Crippen molar-refractivity contribution in [2.45, 2.75) is 43.9 Å². The normalized spacial score (nSPS) is 31.8. The summed E-state index contributed by atoms with van der Waals surface area (Å²) in [7, 11) is 2.03. The Labute approximate surface area is 113 Å². The second kappa shape index (κ2) is 5.16. The van der Waals surface area contributed by atoms with Crippen molar-refractivity contribution in [3.63, 3.8) is 0 Å². The molecule has 0 spiro atoms. The van der Waals surface area contributed by atoms with Gasteiger partial charge in [0.2, 0.25) is 0 Å². The van der Waals surface area contributed by atoms with Gasteiger partial charge in [-0.1, -0.05) is 11.6 Å². The molecule has 1 aromatic rings. The molecule has 4 atom stereocenters. The van der Waals surface area contributed by atoms with E-state index in [0.717, 1.165) is 11.4 Å². The minimum Gasteiger partial charge on any atom is -0.375 e. The summed E-state index contributed by atoms with van der Waals surface area (Å²) < 4.78 is 5.95. The number of hydrogen-bond donors (Lipinski definition) is 1. The summed E-state index contributed by atoms with van der Waals surface area (Å²) in [6.45, 7) is 0. The zero-order valence-electron chi connectivity index (χ0n) is 10.6. The lowest BCUT2D eigenvalue weighted by atomic mass is 9.81. The molecule has 2 bridgehead atoms. The van der Waals surface area contributed by atoms with Crippen molar-refractivity contribution in [3.05, 3.63) is 29.0 Å². The highest BCUT2D eigenvalue weighted by Gasteiger charge is 2.43. The van der Waals surface area contributed by atoms with Crippen molar-refractivity contribution in [2.75, 3.05) is 7.05 Å². The first-order chi connectivity index (χ1) is 8.78. The molecule has 3 rings (SSSR count). The molecule has 0 amide bonds. The Hall–Kier alpha value is -0.640. The number of pyridine rings is 1. The minimum atomic E-state index is 0.445. The Morgan fingerprint density at radius 1 is 1.56 bits per heavy atom. The van der Waals surface area contributed by atoms with Gasteiger partial charge >= 0.3 is 0 Å². The monoisotopic (exact) mass is 266 g/mol. The number of fused-ring (bicyclic) bond motifs is 2. The van der Waals surface area contributed by atoms with Crippen LogP contribution in [0.25, 0.3) is 0 Å². The first-order valence-electron chi connectivity index (χ1n) is 6.69. The van der Waals surface area contributed by atoms with Crippen molar-refractivity contribution >= 4 is 11.6 Å². The molecule has 0 saturated carbocycles. The van der Waals surface area contributed by atoms with Crippen LogP contribution in [-0.4, -0.2) is 30.3 Å². The van der Waals surface area contributed by atoms with E-state index < -0.39 is 0 Å². The summed E-state index contributed by atoms with van der Waals surface area (Å²) in [6, 6.07) is 2.46. The molecule has 0 aromatic carbocycles. The molecule has 18 heavy (non-hydrogen) atoms. The fourth-order valence-electron chi connectivity index (χ4n) is 3.37. The maximum absolute atomic E-state index is 6.19. The van der Waals surface area contributed by atoms with Crippen LogP contribution in [0.2, 0.25) is 5.02 Å². The highest BCUT2D eigenvalue weighted by atomic mass is 35.5. The van der Waals surface area contributed by atoms with E-state index in [-0.39, 0.29) is 0 Å². The van der Waals surface area contributed by atoms with Gasteiger partial charge in [0.25, 0.3) is 0 Å². The third-order valence-electron chi connectivity index (χ3n) is 4.34. The zero-order valence-corrected chi connectivity index (χ0v) is 11.4. The predicted octanol–water partition coefficient (Wildman–Crippen LogP) is 2.43. The van der Waals surface area contributed by atoms with E-state index in [0.29, 0.717) is 24.2 Å². The Balaban J connectivity index is 1.72. The van der Waals surface area contributed by atoms with Crippen LogP contribution in [0.15, 0.2) is 18.5 Å². The Morgan fingerprint density at radius 2 is 2.44 bits per heavy atom. The standard InChI is InChI=1S/C14H19ClN2O/c1-16-13(6-9-4-5-17-8-12(9)15)11-7-10-2-3-14(11)18-10/h4-5,8,10-11,13-14,16H,2-3,6-7H2,1H3. The summed E-state index contributed by atoms with van der Waals surface area (Å²) in [5, 5.41) is 4.21. The number of ether oxygens (including phenoxy) is 1. The highest BCUT2D eigenvalue weighted by molar-refractivity contribution is 6.31. The minimum absolute atomic E-state index is 0.445. The second-order valence-corrected chi connectivity index (χ2v) is 5.75. The van der Waals surface area contributed by atoms with Gasteiger partial charge in [-0.05, 0) is 44.4 Å². The maximum Gasteiger partial charge on any atom is 0.0623 e. The number of rotatable bonds is 4. The number of nitrogens with one attached hydrogen (secondary N) is 1. The van der Waals surface area contributed by atoms with Crippen LogP contribution in [0, 0.1) is 5.92 Å². The summed E-state index contributed by atoms with van der Waals surface area (Å²) in [5.74, 6) is 0.623. The topological polar surface area (TPSA) is 34.2 Å². The molecule has 2 aliphatic rings. The van der Waals surface area contributed by atoms with Crippen molar-refractivity contribution < 1.29 is 4.74 Å². The van der Waals surface area contributed by atoms with Crippen molar-refractivity contribution in [2.24, 2.45) is 5.92 Å². The van der Waals surface area contributed by atoms with E-state index in [4.69, 9.17) is 16.3 Å². The van der Waals surface area contributed by atoms with Crippen molar-refractivity contribution in [1.82, 2.24) is 10.3 Å². The van der Waals surface area contributed by atoms with Crippen molar-refractivity contribution in [1.29, 1.82) is 0 Å². The van der Waals surface area contributed by atoms with Crippen LogP contribution in [0.1, 0.15) is 24.8 Å². The van der Waals surface area contributed by atoms with E-state index >= 15 is 0 Å². The van der Waals surface area contributed by atoms with Gasteiger partial charge in [0.05, 0.1) is 17.2 Å². The quantitative estimate of drug-likeness (QED) is 0.909. The summed E-state index contributed by atoms with van der Waals surface area (Å²) in [6.07, 6.45) is 9.10. The molecular weight excluding hydrogens is 248 g/mol. The van der Waals surface area contributed by atoms with E-state index in [9.17, 15) is 0 Å². The SMILES string of the molecule is CNC(Cc1ccncc1Cl)C1CC2CCC1O2. The molecule has 2 aliphatic heterocycles. The Kier molecular flexibility index (Phi) is 3.55. The molecule has 4 unspecified atom stereocenters. The van der Waals surface area contributed by atoms with Gasteiger partial charge in [0.1, 0.15) is 0 Å². The third kappa shape index (κ3) is 2.27. The summed E-state index contributed by atoms with van der Waals surface area (Å²) in [4.78, 5) is 4.04. The van der Waals surface area contributed by atoms with E-state index in [1.165, 1.54) is 24.8 Å². The van der Waals surface area contributed by atoms with Gasteiger partial charge in [0.15, 0.2) is 0 Å². The predicted molar refractivity (Wildman–Crippen MR) is 71.8 cm³/mol. The lowest BCUT2D eigenvalue weighted by Crippen LogP contribution is -2.40. The molecular formula is C14H19ClN2O. The van der Waals surface area contributed by atoms with Gasteiger partial charge in [-0.15, -0.1) is 0 Å². The van der Waals surface area contributed by atoms with Gasteiger partial charge in [-0.25, -0.2) is 0 Å². The number of hydrogen-bond acceptors (Lipinski definition) is 3. The van der Waals surface area contributed by atoms with Crippen LogP contribution in [0.3, 0.4) is 0 Å². The Morgan fingerprint density at radius 3 is 3.06 bits per heavy atom. The van der Waals surface area contributed by atoms with E-state index in [1.54, 1.807) is 6.20 Å². The number of aromatic nitrogens is 1. The molecule has 0 aliphatic carbocycles. The van der Waals surface area contributed by atoms with Crippen LogP contribution in [-0.2, 0) is 11.2 Å². The molecule has 3 nitrogen and oxygen atoms in total. The van der Waals surface area contributed by atoms with Gasteiger partial charge in [-0.2, -0.15) is 0 Å². The molecule has 2 fully saturated rings. The lowest BCUT2D eigenvalue weighted by Gasteiger charge is -2.28. The van der Waals surface area contributed by atoms with E-state index in [1.807, 2.05) is 19.3 Å². The summed E-state index contributed by atoms with van der Waals surface area (Å²) in [5.41, 5.74) is 1.17. The zero-order chi connectivity index (χ0) is 12.5. The van der Waals surface area contributed by atoms with Crippen LogP contribution < -0.4 is 5.32 Å². The number of halogens is 1. The third-order valence-corrected chi connectivity index (χ3v) is 4.68. The molecule has 0 radical (unpaired) electrons. The first-order valence-corrected chi connectivity index (χ1v) is 7.07. The largest absolute Gasteiger partial charge is 0.375 e. The molecule has 2 saturated heterocycles. The van der Waals surface area contributed by atoms with E-state index in [2.05, 4.69) is 10.3 Å². The summed E-state index contributed by atoms with van der Waals surface area (Å²) >= 11 is 6.19. The average Bonchev–Trinajstić information content (AvgIpc) is 3.00. The fourth-order valence-corrected chi connectivity index (χ4v) is 3.57. The number of nitrogens with zero attached hydrogens (tertiary/aromatic N) is 1. The highest BCUT2D eigenvalue weighted by Crippen LogP contribution is 2.41. The van der Waals surface area contributed by atoms with Crippen LogP contribution in [0.4, 0.5) is 0 Å². The smallest absolute Gasteiger partial charge is 0.0623 e. The first kappa shape index (κ1) is 12.4. The van der Waals surface area contributed by atoms with Crippen molar-refractivity contribution in [3.8, 4) is 0 Å². The van der Waals surface area contributed by atoms with Gasteiger partial charge in [-0.3, -0.25) is 4.98 Å². The molecule has 98 valence electrons. The second-order valence-electron chi connectivity index (χ2n) is 5.34. The maximum atomic E-state index is 6.19. The Bertz CT molecular complexity index is 426. The van der Waals surface area contributed by atoms with Crippen LogP contribution >= 0.6 is 11.6 Å². The molecule has 4 heteroatoms. The molecule has 1 aromatic heterocycles. The average molecular weight is 267 g/mol. The number of likely N-dealkylation sites (N-methyl/N-ethyl adjacent to an activating group) is 1. The fraction of sp³-hybridized carbons (Fsp3) is 0.643.